The second kappa shape index (κ2) is 34.9. The molecule has 0 radical (unpaired) electrons. The van der Waals surface area contributed by atoms with Crippen molar-refractivity contribution in [3.8, 4) is 17.6 Å². The van der Waals surface area contributed by atoms with Crippen LogP contribution in [-0.2, 0) is 54.2 Å². The molecule has 2 fully saturated rings. The lowest BCUT2D eigenvalue weighted by atomic mass is 9.87. The maximum atomic E-state index is 13.1. The molecule has 92 heavy (non-hydrogen) atoms. The predicted molar refractivity (Wildman–Crippen MR) is 347 cm³/mol. The largest absolute Gasteiger partial charge is 0.510 e. The molecule has 1 amide bonds. The van der Waals surface area contributed by atoms with Crippen molar-refractivity contribution >= 4 is 77.8 Å². The standard InChI is InChI=1S/C22H31NO.C19H30N5O9P.C14H12ClNO2.C8H10FN3O3S/c1-16(2)23(17(3)4)14-13-20(19-9-7-6-8-10-19)21-15-18(5)11-12-22(21)24;1-13(2)32-18(25)28-11-30-34(27,31-12-29-19(26)33-14(3)4)8-6-5-7-24-10-23-15-16(20)21-9-22-17(15)24;1-14(7-6-9-2-3-9)11-8-10(15)4-5-12(11)16-13(17)18-14;9-4-1-12(8(14)11-7(4)10)5-3-16-6(2-13)15-5/h6-12,15-17,20,24H,13-14H2,1-5H3;9-10,13-14H,5-8,11-12H2,1-4H3,(H2,20,21,22);4-5,8-9H,2-3H2,1H3,(H,16,17);1,5-6,13H,2-3H2,(H2,10,11,14)/t20-;;14-;5-,6+/m1.00/s1. The molecule has 0 unspecified atom stereocenters. The van der Waals surface area contributed by atoms with Crippen LogP contribution in [0.1, 0.15) is 129 Å². The molecule has 0 spiro atoms. The molecule has 500 valence electrons. The molecular weight excluding hydrogens is 1250 g/mol. The third kappa shape index (κ3) is 22.6. The molecule has 9 rings (SSSR count). The molecule has 3 aromatic carbocycles. The Bertz CT molecular complexity index is 3550. The number of phenolic OH excluding ortho intramolecular Hbond substituents is 1. The zero-order valence-corrected chi connectivity index (χ0v) is 55.8. The lowest BCUT2D eigenvalue weighted by molar-refractivity contribution is -0.0303. The van der Waals surface area contributed by atoms with Crippen LogP contribution >= 0.6 is 31.0 Å². The van der Waals surface area contributed by atoms with E-state index in [0.29, 0.717) is 70.8 Å². The topological polar surface area (TPSA) is 328 Å². The number of carbonyl (C=O) groups excluding carboxylic acids is 3. The lowest BCUT2D eigenvalue weighted by Gasteiger charge is -2.32. The molecule has 3 aromatic heterocycles. The summed E-state index contributed by atoms with van der Waals surface area (Å²) >= 11 is 7.35. The van der Waals surface area contributed by atoms with Crippen LogP contribution in [0.2, 0.25) is 5.02 Å². The van der Waals surface area contributed by atoms with Crippen LogP contribution in [0.3, 0.4) is 0 Å². The molecule has 4 atom stereocenters. The van der Waals surface area contributed by atoms with Crippen molar-refractivity contribution in [1.29, 1.82) is 0 Å². The molecule has 29 heteroatoms. The number of nitrogen functional groups attached to an aromatic ring is 2. The van der Waals surface area contributed by atoms with E-state index >= 15 is 0 Å². The van der Waals surface area contributed by atoms with Crippen LogP contribution < -0.4 is 22.5 Å². The highest BCUT2D eigenvalue weighted by atomic mass is 35.5. The summed E-state index contributed by atoms with van der Waals surface area (Å²) in [6.07, 6.45) is 4.25. The van der Waals surface area contributed by atoms with E-state index in [0.717, 1.165) is 47.7 Å². The van der Waals surface area contributed by atoms with Crippen LogP contribution in [0.25, 0.3) is 11.2 Å². The Kier molecular flexibility index (Phi) is 27.9. The van der Waals surface area contributed by atoms with Crippen molar-refractivity contribution < 1.29 is 71.0 Å². The Morgan fingerprint density at radius 1 is 0.924 bits per heavy atom. The fourth-order valence-electron chi connectivity index (χ4n) is 9.42. The Morgan fingerprint density at radius 3 is 2.20 bits per heavy atom. The van der Waals surface area contributed by atoms with Gasteiger partial charge in [-0.3, -0.25) is 28.4 Å². The summed E-state index contributed by atoms with van der Waals surface area (Å²) in [5.74, 6) is 6.85. The number of aliphatic hydroxyl groups is 1. The number of aliphatic hydroxyl groups excluding tert-OH is 1. The molecule has 25 nitrogen and oxygen atoms in total. The van der Waals surface area contributed by atoms with Crippen molar-refractivity contribution in [2.24, 2.45) is 5.92 Å². The van der Waals surface area contributed by atoms with E-state index < -0.39 is 86.4 Å². The predicted octanol–water partition coefficient (Wildman–Crippen LogP) is 11.9. The number of benzene rings is 3. The first-order valence-electron chi connectivity index (χ1n) is 30.0. The second-order valence-corrected chi connectivity index (χ2v) is 26.6. The number of imidazole rings is 1. The van der Waals surface area contributed by atoms with Gasteiger partial charge in [0.05, 0.1) is 43.2 Å². The van der Waals surface area contributed by atoms with Gasteiger partial charge in [0.1, 0.15) is 29.3 Å². The van der Waals surface area contributed by atoms with E-state index in [2.05, 4.69) is 107 Å². The number of halogens is 2. The quantitative estimate of drug-likeness (QED) is 0.0105. The van der Waals surface area contributed by atoms with Crippen LogP contribution in [0.5, 0.6) is 5.75 Å². The fourth-order valence-corrected chi connectivity index (χ4v) is 11.9. The van der Waals surface area contributed by atoms with Crippen LogP contribution in [0.15, 0.2) is 90.4 Å². The first-order chi connectivity index (χ1) is 43.7. The number of hydrogen-bond donors (Lipinski definition) is 5. The average Bonchev–Trinajstić information content (AvgIpc) is 1.14. The Hall–Kier alpha value is -7.54. The second-order valence-electron chi connectivity index (χ2n) is 22.7. The molecule has 7 N–H and O–H groups in total. The van der Waals surface area contributed by atoms with Gasteiger partial charge in [-0.2, -0.15) is 4.98 Å². The number of hydrogen-bond acceptors (Lipinski definition) is 23. The Morgan fingerprint density at radius 2 is 1.59 bits per heavy atom. The fraction of sp³-hybridized carbons (Fsp3) is 0.492. The van der Waals surface area contributed by atoms with Gasteiger partial charge in [0.25, 0.3) is 0 Å². The van der Waals surface area contributed by atoms with Gasteiger partial charge in [-0.05, 0) is 138 Å². The number of amides is 1. The van der Waals surface area contributed by atoms with Crippen LogP contribution in [0.4, 0.5) is 36.1 Å². The number of cyclic esters (lactones) is 1. The Labute approximate surface area is 543 Å². The smallest absolute Gasteiger partial charge is 0.508 e. The van der Waals surface area contributed by atoms with Gasteiger partial charge in [-0.1, -0.05) is 71.5 Å². The van der Waals surface area contributed by atoms with Crippen molar-refractivity contribution in [2.75, 3.05) is 55.4 Å². The van der Waals surface area contributed by atoms with Gasteiger partial charge in [0.2, 0.25) is 13.6 Å². The normalized spacial score (nSPS) is 17.0. The maximum Gasteiger partial charge on any atom is 0.510 e. The van der Waals surface area contributed by atoms with E-state index in [-0.39, 0.29) is 24.5 Å². The summed E-state index contributed by atoms with van der Waals surface area (Å²) in [6, 6.07) is 22.8. The van der Waals surface area contributed by atoms with E-state index in [9.17, 15) is 33.2 Å². The van der Waals surface area contributed by atoms with E-state index in [1.807, 2.05) is 18.2 Å². The Balaban J connectivity index is 0.000000203. The minimum atomic E-state index is -3.80. The monoisotopic (exact) mass is 1340 g/mol. The molecule has 1 saturated carbocycles. The summed E-state index contributed by atoms with van der Waals surface area (Å²) in [5.41, 5.74) is 15.1. The number of aromatic hydroxyl groups is 1. The number of aryl methyl sites for hydroxylation is 2. The van der Waals surface area contributed by atoms with E-state index in [1.165, 1.54) is 29.2 Å². The third-order valence-corrected chi connectivity index (χ3v) is 17.2. The SMILES string of the molecule is CC(C)OC(=O)OCOP(=O)(CCCCn1cnc2c(N)ncnc21)OCOC(=O)OC(C)C.C[C@@]1(C#CC2CC2)OC(=O)Nc2ccc(Cl)cc21.Cc1ccc(O)c([C@H](CCN(C(C)C)C(C)C)c2ccccc2)c1.Nc1nc(=O)n([C@@H]2CS[C@H](CO)O2)cc1F. The first kappa shape index (κ1) is 73.5. The van der Waals surface area contributed by atoms with Crippen molar-refractivity contribution in [3.05, 3.63) is 129 Å². The number of aromatic nitrogens is 6. The molecule has 5 heterocycles. The highest BCUT2D eigenvalue weighted by Crippen LogP contribution is 2.49. The third-order valence-electron chi connectivity index (χ3n) is 14.0. The number of nitrogens with one attached hydrogen (secondary N) is 1. The zero-order chi connectivity index (χ0) is 67.3. The number of anilines is 3. The van der Waals surface area contributed by atoms with Crippen molar-refractivity contribution in [3.63, 3.8) is 0 Å². The molecular formula is C63H83ClFN10O15PS. The minimum absolute atomic E-state index is 0.0398. The summed E-state index contributed by atoms with van der Waals surface area (Å²) in [7, 11) is -3.80. The highest BCUT2D eigenvalue weighted by molar-refractivity contribution is 8.00. The highest BCUT2D eigenvalue weighted by Gasteiger charge is 2.37. The summed E-state index contributed by atoms with van der Waals surface area (Å²) in [5, 5.41) is 22.6. The number of unbranched alkanes of at least 4 members (excludes halogenated alkanes) is 1. The number of fused-ring (bicyclic) bond motifs is 2. The molecule has 0 bridgehead atoms. The molecule has 3 aliphatic rings. The number of carbonyl (C=O) groups is 3. The van der Waals surface area contributed by atoms with Gasteiger partial charge >= 0.3 is 31.7 Å². The van der Waals surface area contributed by atoms with Gasteiger partial charge in [0, 0.05) is 52.4 Å². The van der Waals surface area contributed by atoms with Gasteiger partial charge in [-0.25, -0.2) is 38.5 Å². The number of thioether (sulfide) groups is 1. The molecule has 1 aliphatic carbocycles. The summed E-state index contributed by atoms with van der Waals surface area (Å²) < 4.78 is 69.2. The number of nitrogens with two attached hydrogens (primary N) is 2. The van der Waals surface area contributed by atoms with E-state index in [1.54, 1.807) is 63.7 Å². The van der Waals surface area contributed by atoms with Gasteiger partial charge in [0.15, 0.2) is 28.7 Å². The van der Waals surface area contributed by atoms with Crippen LogP contribution in [0, 0.1) is 30.5 Å². The van der Waals surface area contributed by atoms with Gasteiger partial charge in [-0.15, -0.1) is 11.8 Å². The van der Waals surface area contributed by atoms with Gasteiger partial charge < -0.3 is 54.7 Å². The maximum absolute atomic E-state index is 13.1. The number of rotatable bonds is 22. The number of ether oxygens (including phenoxy) is 6. The van der Waals surface area contributed by atoms with Crippen molar-refractivity contribution in [1.82, 2.24) is 34.0 Å². The lowest BCUT2D eigenvalue weighted by Crippen LogP contribution is -2.38. The number of nitrogens with zero attached hydrogens (tertiary/aromatic N) is 7. The average molecular weight is 1340 g/mol. The molecule has 2 aliphatic heterocycles. The molecule has 1 saturated heterocycles. The summed E-state index contributed by atoms with van der Waals surface area (Å²) in [4.78, 5) is 64.1. The number of phenols is 1. The van der Waals surface area contributed by atoms with E-state index in [4.69, 9.17) is 65.6 Å². The first-order valence-corrected chi connectivity index (χ1v) is 33.1. The minimum Gasteiger partial charge on any atom is -0.508 e. The summed E-state index contributed by atoms with van der Waals surface area (Å²) in [6.45, 7) is 19.5. The zero-order valence-electron chi connectivity index (χ0n) is 53.3. The van der Waals surface area contributed by atoms with Crippen molar-refractivity contribution in [2.45, 2.75) is 155 Å². The van der Waals surface area contributed by atoms with Crippen LogP contribution in [-0.4, -0.2) is 131 Å². The molecule has 6 aromatic rings.